The van der Waals surface area contributed by atoms with E-state index in [1.54, 1.807) is 0 Å². The molecule has 0 radical (unpaired) electrons. The second kappa shape index (κ2) is 4.79. The van der Waals surface area contributed by atoms with Crippen LogP contribution in [0.4, 0.5) is 26.3 Å². The third kappa shape index (κ3) is 3.16. The van der Waals surface area contributed by atoms with E-state index in [2.05, 4.69) is 0 Å². The highest BCUT2D eigenvalue weighted by Gasteiger charge is 2.37. The van der Waals surface area contributed by atoms with E-state index < -0.39 is 35.1 Å². The van der Waals surface area contributed by atoms with E-state index in [0.717, 1.165) is 0 Å². The van der Waals surface area contributed by atoms with Gasteiger partial charge in [0.15, 0.2) is 0 Å². The summed E-state index contributed by atoms with van der Waals surface area (Å²) in [5.74, 6) is 0. The number of nitrogens with two attached hydrogens (primary N) is 1. The maximum Gasteiger partial charge on any atom is 0.416 e. The Morgan fingerprint density at radius 3 is 2.00 bits per heavy atom. The Kier molecular flexibility index (Phi) is 3.95. The van der Waals surface area contributed by atoms with Crippen LogP contribution in [0.1, 0.15) is 36.1 Å². The summed E-state index contributed by atoms with van der Waals surface area (Å²) in [6.45, 7) is 1.51. The molecule has 18 heavy (non-hydrogen) atoms. The number of halogens is 6. The van der Waals surface area contributed by atoms with Gasteiger partial charge in [0, 0.05) is 6.04 Å². The normalized spacial score (nSPS) is 14.7. The minimum absolute atomic E-state index is 0.115. The highest BCUT2D eigenvalue weighted by Crippen LogP contribution is 2.38. The molecule has 0 unspecified atom stereocenters. The maximum absolute atomic E-state index is 12.6. The zero-order chi connectivity index (χ0) is 14.1. The lowest BCUT2D eigenvalue weighted by molar-refractivity contribution is -0.142. The van der Waals surface area contributed by atoms with Gasteiger partial charge in [-0.1, -0.05) is 6.92 Å². The minimum Gasteiger partial charge on any atom is -0.324 e. The van der Waals surface area contributed by atoms with Crippen LogP contribution in [0.3, 0.4) is 0 Å². The summed E-state index contributed by atoms with van der Waals surface area (Å²) >= 11 is 0. The molecule has 1 rings (SSSR count). The number of rotatable bonds is 2. The molecule has 0 aliphatic carbocycles. The van der Waals surface area contributed by atoms with Gasteiger partial charge in [0.25, 0.3) is 0 Å². The van der Waals surface area contributed by atoms with E-state index in [9.17, 15) is 26.3 Å². The molecule has 1 aromatic carbocycles. The molecule has 0 bridgehead atoms. The zero-order valence-electron chi connectivity index (χ0n) is 9.36. The van der Waals surface area contributed by atoms with Gasteiger partial charge in [0.05, 0.1) is 11.1 Å². The predicted molar refractivity (Wildman–Crippen MR) is 53.7 cm³/mol. The Morgan fingerprint density at radius 1 is 1.06 bits per heavy atom. The topological polar surface area (TPSA) is 26.0 Å². The number of hydrogen-bond donors (Lipinski definition) is 1. The van der Waals surface area contributed by atoms with Crippen molar-refractivity contribution in [1.82, 2.24) is 0 Å². The lowest BCUT2D eigenvalue weighted by Gasteiger charge is -2.19. The van der Waals surface area contributed by atoms with Crippen molar-refractivity contribution in [2.45, 2.75) is 31.7 Å². The van der Waals surface area contributed by atoms with Crippen LogP contribution in [0.5, 0.6) is 0 Å². The van der Waals surface area contributed by atoms with Crippen LogP contribution in [-0.4, -0.2) is 0 Å². The first-order valence-electron chi connectivity index (χ1n) is 5.11. The average Bonchev–Trinajstić information content (AvgIpc) is 2.24. The molecule has 1 aromatic rings. The Balaban J connectivity index is 3.39. The molecule has 0 aromatic heterocycles. The number of hydrogen-bond acceptors (Lipinski definition) is 1. The first-order chi connectivity index (χ1) is 8.07. The van der Waals surface area contributed by atoms with Gasteiger partial charge in [-0.05, 0) is 30.2 Å². The van der Waals surface area contributed by atoms with E-state index in [1.165, 1.54) is 6.92 Å². The van der Waals surface area contributed by atoms with Crippen LogP contribution in [0.15, 0.2) is 18.2 Å². The van der Waals surface area contributed by atoms with Crippen LogP contribution < -0.4 is 5.73 Å². The third-order valence-corrected chi connectivity index (χ3v) is 2.52. The van der Waals surface area contributed by atoms with E-state index in [-0.39, 0.29) is 6.42 Å². The van der Waals surface area contributed by atoms with Crippen LogP contribution in [0.2, 0.25) is 0 Å². The molecule has 0 aliphatic rings. The van der Waals surface area contributed by atoms with E-state index in [4.69, 9.17) is 5.73 Å². The van der Waals surface area contributed by atoms with E-state index >= 15 is 0 Å². The summed E-state index contributed by atoms with van der Waals surface area (Å²) in [4.78, 5) is 0. The van der Waals surface area contributed by atoms with Crippen molar-refractivity contribution < 1.29 is 26.3 Å². The SMILES string of the molecule is CC[C@H](N)c1cc(C(F)(F)F)ccc1C(F)(F)F. The van der Waals surface area contributed by atoms with Gasteiger partial charge in [-0.15, -0.1) is 0 Å². The fraction of sp³-hybridized carbons (Fsp3) is 0.455. The van der Waals surface area contributed by atoms with E-state index in [1.807, 2.05) is 0 Å². The van der Waals surface area contributed by atoms with Crippen molar-refractivity contribution in [2.24, 2.45) is 5.73 Å². The van der Waals surface area contributed by atoms with Gasteiger partial charge < -0.3 is 5.73 Å². The Morgan fingerprint density at radius 2 is 1.61 bits per heavy atom. The molecule has 0 saturated carbocycles. The Hall–Kier alpha value is -1.24. The Bertz CT molecular complexity index is 421. The van der Waals surface area contributed by atoms with Gasteiger partial charge >= 0.3 is 12.4 Å². The highest BCUT2D eigenvalue weighted by molar-refractivity contribution is 5.37. The van der Waals surface area contributed by atoms with Crippen molar-refractivity contribution in [3.63, 3.8) is 0 Å². The van der Waals surface area contributed by atoms with Gasteiger partial charge in [-0.3, -0.25) is 0 Å². The quantitative estimate of drug-likeness (QED) is 0.804. The molecule has 7 heteroatoms. The summed E-state index contributed by atoms with van der Waals surface area (Å²) in [5, 5.41) is 0. The van der Waals surface area contributed by atoms with Crippen LogP contribution in [0, 0.1) is 0 Å². The van der Waals surface area contributed by atoms with Crippen LogP contribution in [0.25, 0.3) is 0 Å². The second-order valence-corrected chi connectivity index (χ2v) is 3.81. The van der Waals surface area contributed by atoms with Crippen molar-refractivity contribution in [1.29, 1.82) is 0 Å². The molecule has 0 fully saturated rings. The molecule has 2 N–H and O–H groups in total. The largest absolute Gasteiger partial charge is 0.416 e. The summed E-state index contributed by atoms with van der Waals surface area (Å²) in [7, 11) is 0. The molecule has 0 amide bonds. The summed E-state index contributed by atoms with van der Waals surface area (Å²) in [6, 6.07) is 0.225. The standard InChI is InChI=1S/C11H11F6N/c1-2-9(18)7-5-6(10(12,13)14)3-4-8(7)11(15,16)17/h3-5,9H,2,18H2,1H3/t9-/m0/s1. The van der Waals surface area contributed by atoms with Gasteiger partial charge in [-0.2, -0.15) is 26.3 Å². The monoisotopic (exact) mass is 271 g/mol. The smallest absolute Gasteiger partial charge is 0.324 e. The summed E-state index contributed by atoms with van der Waals surface area (Å²) < 4.78 is 75.2. The molecule has 1 atom stereocenters. The molecular weight excluding hydrogens is 260 g/mol. The van der Waals surface area contributed by atoms with Crippen molar-refractivity contribution >= 4 is 0 Å². The molecular formula is C11H11F6N. The Labute approximate surface area is 99.6 Å². The van der Waals surface area contributed by atoms with Crippen LogP contribution in [-0.2, 0) is 12.4 Å². The minimum atomic E-state index is -4.72. The lowest BCUT2D eigenvalue weighted by Crippen LogP contribution is -2.18. The fourth-order valence-electron chi connectivity index (χ4n) is 1.52. The van der Waals surface area contributed by atoms with Crippen molar-refractivity contribution in [3.8, 4) is 0 Å². The van der Waals surface area contributed by atoms with Gasteiger partial charge in [0.2, 0.25) is 0 Å². The average molecular weight is 271 g/mol. The van der Waals surface area contributed by atoms with Gasteiger partial charge in [-0.25, -0.2) is 0 Å². The summed E-state index contributed by atoms with van der Waals surface area (Å²) in [6.07, 6.45) is -9.29. The summed E-state index contributed by atoms with van der Waals surface area (Å²) in [5.41, 5.74) is 2.66. The molecule has 102 valence electrons. The first-order valence-corrected chi connectivity index (χ1v) is 5.11. The first kappa shape index (κ1) is 14.8. The van der Waals surface area contributed by atoms with Crippen LogP contribution >= 0.6 is 0 Å². The maximum atomic E-state index is 12.6. The molecule has 1 nitrogen and oxygen atoms in total. The van der Waals surface area contributed by atoms with E-state index in [0.29, 0.717) is 18.2 Å². The molecule has 0 aliphatic heterocycles. The number of alkyl halides is 6. The third-order valence-electron chi connectivity index (χ3n) is 2.52. The van der Waals surface area contributed by atoms with Crippen molar-refractivity contribution in [3.05, 3.63) is 34.9 Å². The predicted octanol–water partition coefficient (Wildman–Crippen LogP) is 4.13. The molecule has 0 spiro atoms. The number of benzene rings is 1. The molecule has 0 heterocycles. The van der Waals surface area contributed by atoms with Crippen molar-refractivity contribution in [2.75, 3.05) is 0 Å². The fourth-order valence-corrected chi connectivity index (χ4v) is 1.52. The lowest BCUT2D eigenvalue weighted by atomic mass is 9.96. The second-order valence-electron chi connectivity index (χ2n) is 3.81. The highest BCUT2D eigenvalue weighted by atomic mass is 19.4. The zero-order valence-corrected chi connectivity index (χ0v) is 9.36. The molecule has 0 saturated heterocycles. The van der Waals surface area contributed by atoms with Gasteiger partial charge in [0.1, 0.15) is 0 Å².